The molecule has 0 radical (unpaired) electrons. The molecule has 2 fully saturated rings. The Morgan fingerprint density at radius 1 is 1.16 bits per heavy atom. The molecule has 3 aromatic rings. The van der Waals surface area contributed by atoms with Gasteiger partial charge in [0.25, 0.3) is 11.8 Å². The Balaban J connectivity index is 1.47. The summed E-state index contributed by atoms with van der Waals surface area (Å²) >= 11 is 0. The third-order valence-corrected chi connectivity index (χ3v) is 9.47. The van der Waals surface area contributed by atoms with Crippen LogP contribution in [0.1, 0.15) is 69.6 Å². The molecule has 3 heterocycles. The van der Waals surface area contributed by atoms with E-state index in [1.54, 1.807) is 11.2 Å². The van der Waals surface area contributed by atoms with Crippen LogP contribution in [0.2, 0.25) is 0 Å². The summed E-state index contributed by atoms with van der Waals surface area (Å²) in [5, 5.41) is 17.6. The van der Waals surface area contributed by atoms with Gasteiger partial charge in [0, 0.05) is 30.8 Å². The van der Waals surface area contributed by atoms with Crippen molar-refractivity contribution in [3.05, 3.63) is 83.1 Å². The molecule has 1 aromatic heterocycles. The minimum atomic E-state index is -3.70. The number of likely N-dealkylation sites (tertiary alicyclic amines) is 1. The molecular weight excluding hydrogens is 570 g/mol. The molecule has 0 unspecified atom stereocenters. The SMILES string of the molecule is Cc1coc([C@H]2CCCN2C(=O)c2cc(C(=O)N[C@H](Cc3ccccc3)[C@H](O)[C@@H]3CCCN3)cc(N(C)S(C)(=O)=O)c2)n1. The summed E-state index contributed by atoms with van der Waals surface area (Å²) < 4.78 is 31.6. The molecule has 3 N–H and O–H groups in total. The maximum atomic E-state index is 13.9. The van der Waals surface area contributed by atoms with Crippen LogP contribution >= 0.6 is 0 Å². The van der Waals surface area contributed by atoms with Crippen molar-refractivity contribution in [1.29, 1.82) is 0 Å². The topological polar surface area (TPSA) is 145 Å². The van der Waals surface area contributed by atoms with Crippen LogP contribution < -0.4 is 14.9 Å². The maximum absolute atomic E-state index is 13.9. The van der Waals surface area contributed by atoms with E-state index in [1.807, 2.05) is 37.3 Å². The molecule has 12 heteroatoms. The minimum absolute atomic E-state index is 0.115. The fourth-order valence-corrected chi connectivity index (χ4v) is 6.35. The first-order chi connectivity index (χ1) is 20.5. The van der Waals surface area contributed by atoms with E-state index in [4.69, 9.17) is 4.42 Å². The standard InChI is InChI=1S/C31H39N5O6S/c1-20-19-42-30(33-20)27-12-8-14-36(27)31(39)23-16-22(17-24(18-23)35(2)43(3,40)41)29(38)34-26(15-21-9-5-4-6-10-21)28(37)25-11-7-13-32-25/h4-6,9-10,16-19,25-28,32,37H,7-8,11-15H2,1-3H3,(H,34,38)/t25-,26+,27+,28+/m0/s1. The highest BCUT2D eigenvalue weighted by molar-refractivity contribution is 7.92. The van der Waals surface area contributed by atoms with Crippen LogP contribution in [0.3, 0.4) is 0 Å². The highest BCUT2D eigenvalue weighted by atomic mass is 32.2. The molecule has 5 rings (SSSR count). The zero-order chi connectivity index (χ0) is 30.7. The van der Waals surface area contributed by atoms with Crippen molar-refractivity contribution < 1.29 is 27.5 Å². The van der Waals surface area contributed by atoms with Gasteiger partial charge in [-0.3, -0.25) is 13.9 Å². The van der Waals surface area contributed by atoms with E-state index in [9.17, 15) is 23.1 Å². The largest absolute Gasteiger partial charge is 0.446 e. The van der Waals surface area contributed by atoms with Gasteiger partial charge >= 0.3 is 0 Å². The van der Waals surface area contributed by atoms with Gasteiger partial charge in [-0.15, -0.1) is 0 Å². The zero-order valence-corrected chi connectivity index (χ0v) is 25.5. The van der Waals surface area contributed by atoms with E-state index in [-0.39, 0.29) is 34.8 Å². The number of aryl methyl sites for hydroxylation is 1. The van der Waals surface area contributed by atoms with Crippen LogP contribution in [0.4, 0.5) is 5.69 Å². The molecule has 4 atom stereocenters. The Kier molecular flexibility index (Phi) is 9.19. The van der Waals surface area contributed by atoms with Crippen LogP contribution in [0.25, 0.3) is 0 Å². The van der Waals surface area contributed by atoms with Crippen LogP contribution in [0.15, 0.2) is 59.2 Å². The van der Waals surface area contributed by atoms with Crippen molar-refractivity contribution in [3.63, 3.8) is 0 Å². The average Bonchev–Trinajstić information content (AvgIpc) is 3.78. The first kappa shape index (κ1) is 30.7. The Labute approximate surface area is 252 Å². The van der Waals surface area contributed by atoms with Crippen LogP contribution in [0, 0.1) is 6.92 Å². The lowest BCUT2D eigenvalue weighted by Crippen LogP contribution is -2.52. The van der Waals surface area contributed by atoms with Gasteiger partial charge in [0.15, 0.2) is 0 Å². The Morgan fingerprint density at radius 3 is 2.56 bits per heavy atom. The number of oxazole rings is 1. The van der Waals surface area contributed by atoms with E-state index in [0.29, 0.717) is 31.0 Å². The van der Waals surface area contributed by atoms with Gasteiger partial charge in [-0.2, -0.15) is 0 Å². The molecule has 0 aliphatic carbocycles. The maximum Gasteiger partial charge on any atom is 0.254 e. The average molecular weight is 610 g/mol. The van der Waals surface area contributed by atoms with Crippen LogP contribution in [-0.2, 0) is 16.4 Å². The predicted molar refractivity (Wildman–Crippen MR) is 162 cm³/mol. The summed E-state index contributed by atoms with van der Waals surface area (Å²) in [7, 11) is -2.32. The number of hydrogen-bond acceptors (Lipinski definition) is 8. The van der Waals surface area contributed by atoms with Gasteiger partial charge in [0.1, 0.15) is 12.3 Å². The molecule has 43 heavy (non-hydrogen) atoms. The molecule has 2 saturated heterocycles. The first-order valence-electron chi connectivity index (χ1n) is 14.6. The van der Waals surface area contributed by atoms with E-state index < -0.39 is 28.1 Å². The summed E-state index contributed by atoms with van der Waals surface area (Å²) in [5.41, 5.74) is 2.13. The number of aliphatic hydroxyl groups excluding tert-OH is 1. The summed E-state index contributed by atoms with van der Waals surface area (Å²) in [4.78, 5) is 33.8. The summed E-state index contributed by atoms with van der Waals surface area (Å²) in [6.07, 6.45) is 5.29. The van der Waals surface area contributed by atoms with Crippen molar-refractivity contribution in [2.45, 2.75) is 63.3 Å². The van der Waals surface area contributed by atoms with E-state index in [2.05, 4.69) is 15.6 Å². The van der Waals surface area contributed by atoms with Crippen molar-refractivity contribution in [1.82, 2.24) is 20.5 Å². The van der Waals surface area contributed by atoms with Crippen molar-refractivity contribution in [2.24, 2.45) is 0 Å². The molecule has 11 nitrogen and oxygen atoms in total. The van der Waals surface area contributed by atoms with Gasteiger partial charge in [-0.1, -0.05) is 30.3 Å². The summed E-state index contributed by atoms with van der Waals surface area (Å²) in [6.45, 7) is 3.08. The fourth-order valence-electron chi connectivity index (χ4n) is 5.86. The predicted octanol–water partition coefficient (Wildman–Crippen LogP) is 2.81. The molecule has 2 aliphatic heterocycles. The number of aliphatic hydroxyl groups is 1. The Hall–Kier alpha value is -3.74. The second-order valence-corrected chi connectivity index (χ2v) is 13.5. The van der Waals surface area contributed by atoms with Gasteiger partial charge in [0.05, 0.1) is 29.8 Å². The minimum Gasteiger partial charge on any atom is -0.446 e. The lowest BCUT2D eigenvalue weighted by molar-refractivity contribution is 0.0715. The highest BCUT2D eigenvalue weighted by Gasteiger charge is 2.35. The lowest BCUT2D eigenvalue weighted by atomic mass is 9.95. The number of carbonyl (C=O) groups is 2. The number of amides is 2. The van der Waals surface area contributed by atoms with Crippen molar-refractivity contribution in [2.75, 3.05) is 30.7 Å². The second kappa shape index (κ2) is 12.9. The number of benzene rings is 2. The van der Waals surface area contributed by atoms with Gasteiger partial charge in [-0.05, 0) is 69.3 Å². The quantitative estimate of drug-likeness (QED) is 0.318. The van der Waals surface area contributed by atoms with E-state index >= 15 is 0 Å². The zero-order valence-electron chi connectivity index (χ0n) is 24.7. The number of nitrogens with one attached hydrogen (secondary N) is 2. The monoisotopic (exact) mass is 609 g/mol. The summed E-state index contributed by atoms with van der Waals surface area (Å²) in [5.74, 6) is -0.423. The van der Waals surface area contributed by atoms with Crippen molar-refractivity contribution in [3.8, 4) is 0 Å². The first-order valence-corrected chi connectivity index (χ1v) is 16.4. The number of aromatic nitrogens is 1. The van der Waals surface area contributed by atoms with E-state index in [0.717, 1.165) is 41.9 Å². The third kappa shape index (κ3) is 7.09. The number of nitrogens with zero attached hydrogens (tertiary/aromatic N) is 3. The van der Waals surface area contributed by atoms with Gasteiger partial charge in [-0.25, -0.2) is 13.4 Å². The Morgan fingerprint density at radius 2 is 1.91 bits per heavy atom. The molecule has 0 spiro atoms. The van der Waals surface area contributed by atoms with Gasteiger partial charge < -0.3 is 25.1 Å². The fraction of sp³-hybridized carbons (Fsp3) is 0.452. The van der Waals surface area contributed by atoms with E-state index in [1.165, 1.54) is 25.2 Å². The van der Waals surface area contributed by atoms with Crippen molar-refractivity contribution >= 4 is 27.5 Å². The van der Waals surface area contributed by atoms with Crippen LogP contribution in [-0.4, -0.2) is 79.8 Å². The highest BCUT2D eigenvalue weighted by Crippen LogP contribution is 2.33. The third-order valence-electron chi connectivity index (χ3n) is 8.26. The molecule has 0 bridgehead atoms. The lowest BCUT2D eigenvalue weighted by Gasteiger charge is -2.29. The Bertz CT molecular complexity index is 1550. The molecule has 230 valence electrons. The molecule has 2 amide bonds. The van der Waals surface area contributed by atoms with Gasteiger partial charge in [0.2, 0.25) is 15.9 Å². The number of carbonyl (C=O) groups excluding carboxylic acids is 2. The number of sulfonamides is 1. The molecular formula is C31H39N5O6S. The number of anilines is 1. The molecule has 0 saturated carbocycles. The number of hydrogen-bond donors (Lipinski definition) is 3. The summed E-state index contributed by atoms with van der Waals surface area (Å²) in [6, 6.07) is 12.8. The number of rotatable bonds is 10. The molecule has 2 aliphatic rings. The van der Waals surface area contributed by atoms with Crippen LogP contribution in [0.5, 0.6) is 0 Å². The normalized spacial score (nSPS) is 20.1. The molecule has 2 aromatic carbocycles. The smallest absolute Gasteiger partial charge is 0.254 e. The second-order valence-electron chi connectivity index (χ2n) is 11.4.